The Balaban J connectivity index is 2.44. The lowest BCUT2D eigenvalue weighted by Crippen LogP contribution is -2.31. The van der Waals surface area contributed by atoms with Crippen LogP contribution in [-0.2, 0) is 24.0 Å². The van der Waals surface area contributed by atoms with Gasteiger partial charge < -0.3 is 9.57 Å². The highest BCUT2D eigenvalue weighted by Gasteiger charge is 2.32. The standard InChI is InChI=1S/C10H13NO5S2/c1-3-15-9(14)6(2)18-10(17)16-11-7(12)4-5-8(11)13/h6H,3-5H2,1-2H3. The van der Waals surface area contributed by atoms with Gasteiger partial charge in [-0.25, -0.2) is 0 Å². The molecule has 1 rings (SSSR count). The number of thioether (sulfide) groups is 1. The lowest BCUT2D eigenvalue weighted by atomic mass is 10.4. The molecule has 1 aliphatic rings. The molecular formula is C10H13NO5S2. The number of thiocarbonyl (C=S) groups is 1. The number of rotatable bonds is 4. The summed E-state index contributed by atoms with van der Waals surface area (Å²) in [6, 6.07) is 0. The van der Waals surface area contributed by atoms with Crippen molar-refractivity contribution in [1.29, 1.82) is 0 Å². The summed E-state index contributed by atoms with van der Waals surface area (Å²) in [5.41, 5.74) is 0. The van der Waals surface area contributed by atoms with E-state index in [0.717, 1.165) is 11.8 Å². The normalized spacial score (nSPS) is 16.7. The summed E-state index contributed by atoms with van der Waals surface area (Å²) in [6.45, 7) is 3.58. The Morgan fingerprint density at radius 1 is 1.44 bits per heavy atom. The minimum Gasteiger partial charge on any atom is -0.465 e. The van der Waals surface area contributed by atoms with Crippen molar-refractivity contribution in [1.82, 2.24) is 5.06 Å². The molecule has 1 unspecified atom stereocenters. The predicted molar refractivity (Wildman–Crippen MR) is 68.5 cm³/mol. The van der Waals surface area contributed by atoms with E-state index in [4.69, 9.17) is 21.8 Å². The summed E-state index contributed by atoms with van der Waals surface area (Å²) < 4.78 is 4.74. The van der Waals surface area contributed by atoms with E-state index < -0.39 is 23.0 Å². The van der Waals surface area contributed by atoms with Crippen LogP contribution in [0, 0.1) is 0 Å². The van der Waals surface area contributed by atoms with Crippen molar-refractivity contribution in [2.24, 2.45) is 0 Å². The van der Waals surface area contributed by atoms with Gasteiger partial charge in [-0.2, -0.15) is 0 Å². The number of amides is 2. The van der Waals surface area contributed by atoms with Gasteiger partial charge in [0.05, 0.1) is 6.61 Å². The van der Waals surface area contributed by atoms with Crippen molar-refractivity contribution in [3.05, 3.63) is 0 Å². The summed E-state index contributed by atoms with van der Waals surface area (Å²) in [6.07, 6.45) is 0.249. The van der Waals surface area contributed by atoms with Gasteiger partial charge in [0.25, 0.3) is 16.2 Å². The van der Waals surface area contributed by atoms with Crippen LogP contribution >= 0.6 is 24.0 Å². The second-order valence-corrected chi connectivity index (χ2v) is 5.38. The second kappa shape index (κ2) is 6.69. The molecule has 100 valence electrons. The van der Waals surface area contributed by atoms with Crippen molar-refractivity contribution in [3.8, 4) is 0 Å². The highest BCUT2D eigenvalue weighted by atomic mass is 32.2. The molecule has 1 heterocycles. The number of esters is 1. The van der Waals surface area contributed by atoms with Gasteiger partial charge in [0.2, 0.25) is 0 Å². The number of hydrogen-bond donors (Lipinski definition) is 0. The van der Waals surface area contributed by atoms with E-state index in [2.05, 4.69) is 0 Å². The number of hydroxylamine groups is 2. The Morgan fingerprint density at radius 3 is 2.50 bits per heavy atom. The molecule has 6 nitrogen and oxygen atoms in total. The van der Waals surface area contributed by atoms with Crippen LogP contribution in [0.4, 0.5) is 0 Å². The average Bonchev–Trinajstić information content (AvgIpc) is 2.61. The fraction of sp³-hybridized carbons (Fsp3) is 0.600. The third-order valence-electron chi connectivity index (χ3n) is 2.06. The van der Waals surface area contributed by atoms with Crippen molar-refractivity contribution in [2.45, 2.75) is 31.9 Å². The first-order valence-corrected chi connectivity index (χ1v) is 6.65. The number of nitrogens with zero attached hydrogens (tertiary/aromatic N) is 1. The first-order chi connectivity index (χ1) is 8.45. The maximum atomic E-state index is 11.3. The van der Waals surface area contributed by atoms with Gasteiger partial charge in [0, 0.05) is 12.8 Å². The molecule has 0 bridgehead atoms. The van der Waals surface area contributed by atoms with E-state index in [1.807, 2.05) is 0 Å². The van der Waals surface area contributed by atoms with Crippen LogP contribution in [0.1, 0.15) is 26.7 Å². The van der Waals surface area contributed by atoms with Crippen LogP contribution < -0.4 is 0 Å². The minimum absolute atomic E-state index is 0.0563. The van der Waals surface area contributed by atoms with E-state index in [9.17, 15) is 14.4 Å². The van der Waals surface area contributed by atoms with Crippen LogP contribution in [0.15, 0.2) is 0 Å². The molecule has 1 aliphatic heterocycles. The van der Waals surface area contributed by atoms with Gasteiger partial charge in [-0.15, -0.1) is 5.06 Å². The van der Waals surface area contributed by atoms with E-state index in [1.54, 1.807) is 13.8 Å². The first-order valence-electron chi connectivity index (χ1n) is 5.36. The molecule has 0 aromatic heterocycles. The Labute approximate surface area is 114 Å². The zero-order chi connectivity index (χ0) is 13.7. The Morgan fingerprint density at radius 2 is 2.00 bits per heavy atom. The number of imide groups is 1. The lowest BCUT2D eigenvalue weighted by molar-refractivity contribution is -0.166. The molecule has 18 heavy (non-hydrogen) atoms. The van der Waals surface area contributed by atoms with Gasteiger partial charge in [0.15, 0.2) is 0 Å². The van der Waals surface area contributed by atoms with Crippen molar-refractivity contribution >= 4 is 46.1 Å². The first kappa shape index (κ1) is 14.9. The predicted octanol–water partition coefficient (Wildman–Crippen LogP) is 1.04. The van der Waals surface area contributed by atoms with Crippen molar-refractivity contribution in [3.63, 3.8) is 0 Å². The minimum atomic E-state index is -0.551. The fourth-order valence-corrected chi connectivity index (χ4v) is 2.28. The maximum Gasteiger partial charge on any atom is 0.319 e. The van der Waals surface area contributed by atoms with Crippen LogP contribution in [0.3, 0.4) is 0 Å². The summed E-state index contributed by atoms with van der Waals surface area (Å²) in [5, 5.41) is 0.0954. The largest absolute Gasteiger partial charge is 0.465 e. The van der Waals surface area contributed by atoms with Gasteiger partial charge in [-0.05, 0) is 26.1 Å². The van der Waals surface area contributed by atoms with Crippen molar-refractivity contribution in [2.75, 3.05) is 6.61 Å². The number of ether oxygens (including phenoxy) is 1. The zero-order valence-electron chi connectivity index (χ0n) is 10.0. The Bertz CT molecular complexity index is 368. The molecule has 0 spiro atoms. The van der Waals surface area contributed by atoms with E-state index in [0.29, 0.717) is 5.06 Å². The van der Waals surface area contributed by atoms with Crippen molar-refractivity contribution < 1.29 is 24.0 Å². The lowest BCUT2D eigenvalue weighted by Gasteiger charge is -2.16. The molecule has 1 fully saturated rings. The summed E-state index contributed by atoms with van der Waals surface area (Å²) >= 11 is 5.79. The zero-order valence-corrected chi connectivity index (χ0v) is 11.6. The monoisotopic (exact) mass is 291 g/mol. The summed E-state index contributed by atoms with van der Waals surface area (Å²) in [4.78, 5) is 38.8. The third kappa shape index (κ3) is 3.95. The Kier molecular flexibility index (Phi) is 5.54. The maximum absolute atomic E-state index is 11.3. The van der Waals surface area contributed by atoms with Crippen LogP contribution in [0.5, 0.6) is 0 Å². The van der Waals surface area contributed by atoms with Crippen LogP contribution in [0.2, 0.25) is 0 Å². The molecule has 0 N–H and O–H groups in total. The van der Waals surface area contributed by atoms with E-state index >= 15 is 0 Å². The molecule has 0 radical (unpaired) electrons. The van der Waals surface area contributed by atoms with Crippen LogP contribution in [-0.4, -0.2) is 39.1 Å². The molecule has 1 atom stereocenters. The number of carbonyl (C=O) groups excluding carboxylic acids is 3. The highest BCUT2D eigenvalue weighted by molar-refractivity contribution is 8.23. The molecule has 0 aliphatic carbocycles. The number of hydrogen-bond acceptors (Lipinski definition) is 7. The smallest absolute Gasteiger partial charge is 0.319 e. The average molecular weight is 291 g/mol. The topological polar surface area (TPSA) is 72.9 Å². The van der Waals surface area contributed by atoms with Gasteiger partial charge >= 0.3 is 5.97 Å². The molecule has 2 amide bonds. The third-order valence-corrected chi connectivity index (χ3v) is 3.24. The fourth-order valence-electron chi connectivity index (χ4n) is 1.21. The molecule has 8 heteroatoms. The number of carbonyl (C=O) groups is 3. The molecular weight excluding hydrogens is 278 g/mol. The van der Waals surface area contributed by atoms with Crippen LogP contribution in [0.25, 0.3) is 0 Å². The summed E-state index contributed by atoms with van der Waals surface area (Å²) in [5.74, 6) is -1.27. The van der Waals surface area contributed by atoms with Gasteiger partial charge in [0.1, 0.15) is 5.25 Å². The van der Waals surface area contributed by atoms with Gasteiger partial charge in [-0.1, -0.05) is 11.8 Å². The second-order valence-electron chi connectivity index (χ2n) is 3.44. The molecule has 0 aromatic rings. The molecule has 0 aromatic carbocycles. The summed E-state index contributed by atoms with van der Waals surface area (Å²) in [7, 11) is 0. The van der Waals surface area contributed by atoms with Gasteiger partial charge in [-0.3, -0.25) is 14.4 Å². The Hall–Kier alpha value is -1.15. The SMILES string of the molecule is CCOC(=O)C(C)SC(=S)ON1C(=O)CCC1=O. The van der Waals surface area contributed by atoms with E-state index in [1.165, 1.54) is 0 Å². The molecule has 0 saturated carbocycles. The molecule has 1 saturated heterocycles. The van der Waals surface area contributed by atoms with E-state index in [-0.39, 0.29) is 23.8 Å². The quantitative estimate of drug-likeness (QED) is 0.435. The highest BCUT2D eigenvalue weighted by Crippen LogP contribution is 2.19.